The van der Waals surface area contributed by atoms with E-state index in [4.69, 9.17) is 4.74 Å². The van der Waals surface area contributed by atoms with Gasteiger partial charge in [-0.3, -0.25) is 9.59 Å². The van der Waals surface area contributed by atoms with E-state index in [-0.39, 0.29) is 53.1 Å². The molecule has 6 heteroatoms. The van der Waals surface area contributed by atoms with Gasteiger partial charge in [0.25, 0.3) is 0 Å². The number of allylic oxidation sites excluding steroid dienone is 2. The number of aliphatic hydroxyl groups excluding tert-OH is 1. The largest absolute Gasteiger partial charge is 0.385 e. The first-order chi connectivity index (χ1) is 18.2. The van der Waals surface area contributed by atoms with Gasteiger partial charge in [0.1, 0.15) is 6.10 Å². The quantitative estimate of drug-likeness (QED) is 0.392. The van der Waals surface area contributed by atoms with Crippen LogP contribution in [0, 0.1) is 29.1 Å². The molecule has 0 bridgehead atoms. The van der Waals surface area contributed by atoms with Crippen LogP contribution in [0.1, 0.15) is 58.9 Å². The lowest BCUT2D eigenvalue weighted by Gasteiger charge is -2.47. The number of Topliss-reactive ketones (excluding diaryl/α,β-unsaturated/α-hetero) is 1. The summed E-state index contributed by atoms with van der Waals surface area (Å²) >= 11 is 0. The van der Waals surface area contributed by atoms with E-state index < -0.39 is 11.5 Å². The molecule has 3 N–H and O–H groups in total. The summed E-state index contributed by atoms with van der Waals surface area (Å²) < 4.78 is 6.46. The van der Waals surface area contributed by atoms with Crippen molar-refractivity contribution < 1.29 is 19.4 Å². The molecule has 202 valence electrons. The number of hydrogen-bond donors (Lipinski definition) is 3. The maximum Gasteiger partial charge on any atom is 0.227 e. The Morgan fingerprint density at radius 1 is 1.18 bits per heavy atom. The molecule has 9 unspecified atom stereocenters. The van der Waals surface area contributed by atoms with Crippen molar-refractivity contribution in [3.63, 3.8) is 0 Å². The third-order valence-electron chi connectivity index (χ3n) is 10.3. The number of benzene rings is 1. The standard InChI is InChI=1S/C32H40N2O4/c1-18-9-7-11-23-29-31(4,38-29)20(3)27-25(16-21-17-33-24-12-6-5-10-22(21)24)34-30(37)32(23,27)14-8-13-26(35)28(36)19(2)15-18/h5-7,10-12,15,17-18,20,23,25-27,29,33,35H,8-9,13-14,16H2,1-4H3,(H,34,37). The molecule has 2 aliphatic heterocycles. The highest BCUT2D eigenvalue weighted by atomic mass is 16.6. The zero-order valence-corrected chi connectivity index (χ0v) is 22.9. The fourth-order valence-electron chi connectivity index (χ4n) is 8.17. The molecule has 3 fully saturated rings. The first-order valence-electron chi connectivity index (χ1n) is 14.3. The minimum absolute atomic E-state index is 0.00635. The Hall–Kier alpha value is -2.70. The van der Waals surface area contributed by atoms with Crippen LogP contribution >= 0.6 is 0 Å². The van der Waals surface area contributed by atoms with E-state index in [0.29, 0.717) is 24.8 Å². The van der Waals surface area contributed by atoms with Crippen molar-refractivity contribution in [2.45, 2.75) is 83.6 Å². The summed E-state index contributed by atoms with van der Waals surface area (Å²) in [6, 6.07) is 8.30. The van der Waals surface area contributed by atoms with Crippen molar-refractivity contribution >= 4 is 22.6 Å². The summed E-state index contributed by atoms with van der Waals surface area (Å²) in [6.07, 6.45) is 10.6. The number of aliphatic hydroxyl groups is 1. The second-order valence-electron chi connectivity index (χ2n) is 12.5. The number of carbonyl (C=O) groups is 2. The number of carbonyl (C=O) groups excluding carboxylic acids is 2. The van der Waals surface area contributed by atoms with Crippen LogP contribution in [0.4, 0.5) is 0 Å². The SMILES string of the molecule is CC1=CC(C)CC=CC2C3OC3(C)C(C)C3C(Cc4c[nH]c5ccccc45)NC(=O)C23CCCC(O)C1=O. The van der Waals surface area contributed by atoms with Crippen LogP contribution in [0.2, 0.25) is 0 Å². The Bertz CT molecular complexity index is 1330. The number of fused-ring (bicyclic) bond motifs is 3. The van der Waals surface area contributed by atoms with Gasteiger partial charge in [0.15, 0.2) is 5.78 Å². The number of epoxide rings is 1. The van der Waals surface area contributed by atoms with E-state index in [0.717, 1.165) is 18.4 Å². The third-order valence-corrected chi connectivity index (χ3v) is 10.3. The number of nitrogens with one attached hydrogen (secondary N) is 2. The number of H-pyrrole nitrogens is 1. The Morgan fingerprint density at radius 2 is 1.97 bits per heavy atom. The second-order valence-corrected chi connectivity index (χ2v) is 12.5. The van der Waals surface area contributed by atoms with Crippen LogP contribution in [0.15, 0.2) is 54.3 Å². The summed E-state index contributed by atoms with van der Waals surface area (Å²) in [7, 11) is 0. The maximum absolute atomic E-state index is 14.2. The summed E-state index contributed by atoms with van der Waals surface area (Å²) in [6.45, 7) is 8.35. The van der Waals surface area contributed by atoms with E-state index in [1.165, 1.54) is 10.9 Å². The van der Waals surface area contributed by atoms with Crippen LogP contribution < -0.4 is 5.32 Å². The van der Waals surface area contributed by atoms with Crippen LogP contribution in [0.3, 0.4) is 0 Å². The summed E-state index contributed by atoms with van der Waals surface area (Å²) in [4.78, 5) is 30.4. The molecule has 1 aromatic heterocycles. The highest BCUT2D eigenvalue weighted by molar-refractivity contribution is 5.98. The van der Waals surface area contributed by atoms with Crippen molar-refractivity contribution in [3.8, 4) is 0 Å². The Labute approximate surface area is 224 Å². The number of amides is 1. The van der Waals surface area contributed by atoms with Crippen LogP contribution in [-0.4, -0.2) is 45.6 Å². The van der Waals surface area contributed by atoms with E-state index in [2.05, 4.69) is 67.6 Å². The maximum atomic E-state index is 14.2. The fourth-order valence-corrected chi connectivity index (χ4v) is 8.17. The van der Waals surface area contributed by atoms with E-state index in [9.17, 15) is 14.7 Å². The average Bonchev–Trinajstić information content (AvgIpc) is 3.30. The highest BCUT2D eigenvalue weighted by Gasteiger charge is 2.75. The number of rotatable bonds is 2. The topological polar surface area (TPSA) is 94.7 Å². The summed E-state index contributed by atoms with van der Waals surface area (Å²) in [5.41, 5.74) is 2.06. The molecule has 6 rings (SSSR count). The fraction of sp³-hybridized carbons (Fsp3) is 0.562. The molecule has 1 saturated carbocycles. The van der Waals surface area contributed by atoms with Crippen molar-refractivity contribution in [1.82, 2.24) is 10.3 Å². The number of ether oxygens (including phenoxy) is 1. The Morgan fingerprint density at radius 3 is 2.79 bits per heavy atom. The average molecular weight is 517 g/mol. The van der Waals surface area contributed by atoms with Crippen LogP contribution in [0.5, 0.6) is 0 Å². The van der Waals surface area contributed by atoms with Gasteiger partial charge in [-0.05, 0) is 80.9 Å². The van der Waals surface area contributed by atoms with Gasteiger partial charge in [0, 0.05) is 29.1 Å². The first kappa shape index (κ1) is 25.6. The number of para-hydroxylation sites is 1. The lowest BCUT2D eigenvalue weighted by molar-refractivity contribution is -0.134. The lowest BCUT2D eigenvalue weighted by atomic mass is 9.51. The van der Waals surface area contributed by atoms with Gasteiger partial charge < -0.3 is 20.1 Å². The minimum Gasteiger partial charge on any atom is -0.385 e. The molecule has 2 aliphatic carbocycles. The van der Waals surface area contributed by atoms with Gasteiger partial charge in [-0.15, -0.1) is 0 Å². The van der Waals surface area contributed by atoms with Gasteiger partial charge in [-0.2, -0.15) is 0 Å². The smallest absolute Gasteiger partial charge is 0.227 e. The second kappa shape index (κ2) is 9.20. The van der Waals surface area contributed by atoms with Crippen LogP contribution in [-0.2, 0) is 20.7 Å². The molecule has 1 spiro atoms. The van der Waals surface area contributed by atoms with Crippen molar-refractivity contribution in [3.05, 3.63) is 59.8 Å². The Balaban J connectivity index is 1.39. The number of aromatic amines is 1. The van der Waals surface area contributed by atoms with Gasteiger partial charge >= 0.3 is 0 Å². The normalized spacial score (nSPS) is 41.2. The molecule has 6 nitrogen and oxygen atoms in total. The van der Waals surface area contributed by atoms with E-state index in [1.54, 1.807) is 6.92 Å². The van der Waals surface area contributed by atoms with Gasteiger partial charge in [-0.25, -0.2) is 0 Å². The molecule has 1 aromatic carbocycles. The molecule has 2 saturated heterocycles. The monoisotopic (exact) mass is 516 g/mol. The minimum atomic E-state index is -1.03. The predicted molar refractivity (Wildman–Crippen MR) is 147 cm³/mol. The zero-order chi connectivity index (χ0) is 26.8. The molecule has 9 atom stereocenters. The zero-order valence-electron chi connectivity index (χ0n) is 22.9. The molecule has 4 aliphatic rings. The Kier molecular flexibility index (Phi) is 6.19. The van der Waals surface area contributed by atoms with Crippen molar-refractivity contribution in [2.24, 2.45) is 29.1 Å². The number of aromatic nitrogens is 1. The summed E-state index contributed by atoms with van der Waals surface area (Å²) in [5.74, 6) is 0.301. The first-order valence-corrected chi connectivity index (χ1v) is 14.3. The summed E-state index contributed by atoms with van der Waals surface area (Å²) in [5, 5.41) is 15.4. The van der Waals surface area contributed by atoms with Gasteiger partial charge in [0.05, 0.1) is 17.1 Å². The predicted octanol–water partition coefficient (Wildman–Crippen LogP) is 4.88. The van der Waals surface area contributed by atoms with E-state index >= 15 is 0 Å². The molecular weight excluding hydrogens is 476 g/mol. The van der Waals surface area contributed by atoms with E-state index in [1.807, 2.05) is 12.1 Å². The van der Waals surface area contributed by atoms with Crippen molar-refractivity contribution in [1.29, 1.82) is 0 Å². The molecule has 3 heterocycles. The molecule has 0 radical (unpaired) electrons. The number of ketones is 1. The van der Waals surface area contributed by atoms with Gasteiger partial charge in [0.2, 0.25) is 5.91 Å². The van der Waals surface area contributed by atoms with Crippen molar-refractivity contribution in [2.75, 3.05) is 0 Å². The highest BCUT2D eigenvalue weighted by Crippen LogP contribution is 2.67. The molecule has 1 amide bonds. The van der Waals surface area contributed by atoms with Gasteiger partial charge in [-0.1, -0.05) is 50.3 Å². The third kappa shape index (κ3) is 3.83. The molecule has 38 heavy (non-hydrogen) atoms. The lowest BCUT2D eigenvalue weighted by Crippen LogP contribution is -2.54. The number of hydrogen-bond acceptors (Lipinski definition) is 4. The molecule has 2 aromatic rings. The van der Waals surface area contributed by atoms with Crippen LogP contribution in [0.25, 0.3) is 10.9 Å². The molecular formula is C32H40N2O4.